The Morgan fingerprint density at radius 1 is 1.32 bits per heavy atom. The molecule has 0 amide bonds. The third kappa shape index (κ3) is 6.17. The first-order valence-corrected chi connectivity index (χ1v) is 8.49. The van der Waals surface area contributed by atoms with Crippen molar-refractivity contribution in [3.05, 3.63) is 64.3 Å². The number of pyridine rings is 2. The number of carboxylic acids is 1. The largest absolute Gasteiger partial charge is 0.490 e. The van der Waals surface area contributed by atoms with Gasteiger partial charge < -0.3 is 15.0 Å². The molecule has 0 spiro atoms. The molecule has 7 nitrogen and oxygen atoms in total. The van der Waals surface area contributed by atoms with Crippen molar-refractivity contribution in [2.75, 3.05) is 19.6 Å². The molecule has 1 fully saturated rings. The molecule has 10 heteroatoms. The van der Waals surface area contributed by atoms with E-state index in [1.807, 2.05) is 24.7 Å². The van der Waals surface area contributed by atoms with E-state index >= 15 is 0 Å². The average Bonchev–Trinajstić information content (AvgIpc) is 2.66. The van der Waals surface area contributed by atoms with Crippen molar-refractivity contribution in [3.63, 3.8) is 0 Å². The summed E-state index contributed by atoms with van der Waals surface area (Å²) in [5, 5.41) is 10.6. The molecular formula is C18H21F3N4O3. The zero-order valence-corrected chi connectivity index (χ0v) is 15.2. The molecule has 2 aromatic rings. The number of hydrogen-bond acceptors (Lipinski definition) is 5. The van der Waals surface area contributed by atoms with E-state index in [0.717, 1.165) is 31.7 Å². The van der Waals surface area contributed by atoms with Gasteiger partial charge in [0.15, 0.2) is 0 Å². The van der Waals surface area contributed by atoms with E-state index in [4.69, 9.17) is 9.90 Å². The molecular weight excluding hydrogens is 377 g/mol. The number of rotatable bonds is 3. The molecule has 3 rings (SSSR count). The maximum Gasteiger partial charge on any atom is 0.490 e. The van der Waals surface area contributed by atoms with Gasteiger partial charge in [0.05, 0.1) is 0 Å². The van der Waals surface area contributed by atoms with Gasteiger partial charge in [-0.3, -0.25) is 14.7 Å². The summed E-state index contributed by atoms with van der Waals surface area (Å²) in [5.74, 6) is -2.76. The maximum absolute atomic E-state index is 11.8. The summed E-state index contributed by atoms with van der Waals surface area (Å²) in [5.41, 5.74) is 2.38. The van der Waals surface area contributed by atoms with Gasteiger partial charge in [0.1, 0.15) is 0 Å². The number of carboxylic acid groups (broad SMARTS) is 1. The lowest BCUT2D eigenvalue weighted by Gasteiger charge is -2.36. The van der Waals surface area contributed by atoms with Crippen molar-refractivity contribution in [3.8, 4) is 0 Å². The normalized spacial score (nSPS) is 17.5. The summed E-state index contributed by atoms with van der Waals surface area (Å²) in [7, 11) is 1.77. The Morgan fingerprint density at radius 2 is 1.96 bits per heavy atom. The molecule has 0 aliphatic carbocycles. The fourth-order valence-electron chi connectivity index (χ4n) is 2.77. The van der Waals surface area contributed by atoms with Gasteiger partial charge in [-0.2, -0.15) is 13.2 Å². The Hall–Kier alpha value is -2.72. The minimum absolute atomic E-state index is 0.0445. The highest BCUT2D eigenvalue weighted by Gasteiger charge is 2.38. The van der Waals surface area contributed by atoms with Crippen LogP contribution in [0.2, 0.25) is 0 Å². The maximum atomic E-state index is 11.8. The Balaban J connectivity index is 0.000000345. The van der Waals surface area contributed by atoms with Crippen LogP contribution in [0.25, 0.3) is 0 Å². The van der Waals surface area contributed by atoms with Crippen LogP contribution in [-0.4, -0.2) is 51.3 Å². The lowest BCUT2D eigenvalue weighted by atomic mass is 10.0. The Labute approximate surface area is 159 Å². The summed E-state index contributed by atoms with van der Waals surface area (Å²) in [4.78, 5) is 27.2. The molecule has 2 N–H and O–H groups in total. The molecule has 1 atom stereocenters. The predicted molar refractivity (Wildman–Crippen MR) is 95.6 cm³/mol. The SMILES string of the molecule is Cn1ccc(CN2CCNCC2c2ccncc2)cc1=O.O=C(O)C(F)(F)F. The van der Waals surface area contributed by atoms with E-state index in [1.165, 1.54) is 5.56 Å². The monoisotopic (exact) mass is 398 g/mol. The van der Waals surface area contributed by atoms with Crippen LogP contribution in [0.15, 0.2) is 47.7 Å². The molecule has 152 valence electrons. The van der Waals surface area contributed by atoms with Gasteiger partial charge in [-0.05, 0) is 29.3 Å². The van der Waals surface area contributed by atoms with Crippen molar-refractivity contribution in [1.29, 1.82) is 0 Å². The highest BCUT2D eigenvalue weighted by Crippen LogP contribution is 2.23. The standard InChI is InChI=1S/C16H20N4O.C2HF3O2/c1-19-8-4-13(10-16(19)21)12-20-9-7-18-11-15(20)14-2-5-17-6-3-14;3-2(4,5)1(6)7/h2-6,8,10,15,18H,7,9,11-12H2,1H3;(H,6,7). The van der Waals surface area contributed by atoms with Crippen molar-refractivity contribution >= 4 is 5.97 Å². The second kappa shape index (κ2) is 9.47. The Morgan fingerprint density at radius 3 is 2.54 bits per heavy atom. The van der Waals surface area contributed by atoms with Crippen molar-refractivity contribution in [2.24, 2.45) is 7.05 Å². The van der Waals surface area contributed by atoms with Crippen LogP contribution in [0.5, 0.6) is 0 Å². The van der Waals surface area contributed by atoms with Crippen LogP contribution in [0.3, 0.4) is 0 Å². The molecule has 0 saturated carbocycles. The highest BCUT2D eigenvalue weighted by atomic mass is 19.4. The van der Waals surface area contributed by atoms with E-state index in [1.54, 1.807) is 17.7 Å². The highest BCUT2D eigenvalue weighted by molar-refractivity contribution is 5.73. The molecule has 0 bridgehead atoms. The number of nitrogens with one attached hydrogen (secondary N) is 1. The van der Waals surface area contributed by atoms with E-state index < -0.39 is 12.1 Å². The van der Waals surface area contributed by atoms with Crippen LogP contribution in [0.4, 0.5) is 13.2 Å². The lowest BCUT2D eigenvalue weighted by Crippen LogP contribution is -2.45. The van der Waals surface area contributed by atoms with E-state index in [-0.39, 0.29) is 5.56 Å². The van der Waals surface area contributed by atoms with Crippen LogP contribution >= 0.6 is 0 Å². The van der Waals surface area contributed by atoms with Gasteiger partial charge in [-0.1, -0.05) is 0 Å². The summed E-state index contributed by atoms with van der Waals surface area (Å²) < 4.78 is 33.3. The molecule has 28 heavy (non-hydrogen) atoms. The number of alkyl halides is 3. The zero-order chi connectivity index (χ0) is 20.7. The topological polar surface area (TPSA) is 87.5 Å². The first kappa shape index (κ1) is 21.6. The second-order valence-corrected chi connectivity index (χ2v) is 6.26. The summed E-state index contributed by atoms with van der Waals surface area (Å²) in [6.07, 6.45) is 0.419. The zero-order valence-electron chi connectivity index (χ0n) is 15.2. The molecule has 1 aliphatic rings. The Bertz CT molecular complexity index is 840. The van der Waals surface area contributed by atoms with Crippen LogP contribution in [0, 0.1) is 0 Å². The van der Waals surface area contributed by atoms with Crippen LogP contribution < -0.4 is 10.9 Å². The van der Waals surface area contributed by atoms with E-state index in [9.17, 15) is 18.0 Å². The van der Waals surface area contributed by atoms with Crippen LogP contribution in [-0.2, 0) is 18.4 Å². The minimum atomic E-state index is -5.08. The molecule has 0 aromatic carbocycles. The summed E-state index contributed by atoms with van der Waals surface area (Å²) in [6, 6.07) is 8.20. The summed E-state index contributed by atoms with van der Waals surface area (Å²) >= 11 is 0. The number of aryl methyl sites for hydroxylation is 1. The number of piperazine rings is 1. The predicted octanol–water partition coefficient (Wildman–Crippen LogP) is 1.56. The molecule has 1 unspecified atom stereocenters. The minimum Gasteiger partial charge on any atom is -0.475 e. The first-order chi connectivity index (χ1) is 13.2. The quantitative estimate of drug-likeness (QED) is 0.816. The third-order valence-electron chi connectivity index (χ3n) is 4.24. The lowest BCUT2D eigenvalue weighted by molar-refractivity contribution is -0.192. The number of nitrogens with zero attached hydrogens (tertiary/aromatic N) is 3. The third-order valence-corrected chi connectivity index (χ3v) is 4.24. The van der Waals surface area contributed by atoms with Gasteiger partial charge in [0.2, 0.25) is 0 Å². The number of carbonyl (C=O) groups is 1. The van der Waals surface area contributed by atoms with E-state index in [2.05, 4.69) is 27.3 Å². The second-order valence-electron chi connectivity index (χ2n) is 6.26. The van der Waals surface area contributed by atoms with Crippen molar-refractivity contribution in [1.82, 2.24) is 19.8 Å². The van der Waals surface area contributed by atoms with Gasteiger partial charge in [0.25, 0.3) is 5.56 Å². The number of hydrogen-bond donors (Lipinski definition) is 2. The number of aromatic nitrogens is 2. The average molecular weight is 398 g/mol. The van der Waals surface area contributed by atoms with E-state index in [0.29, 0.717) is 6.04 Å². The van der Waals surface area contributed by atoms with Crippen LogP contribution in [0.1, 0.15) is 17.2 Å². The van der Waals surface area contributed by atoms with Gasteiger partial charge >= 0.3 is 12.1 Å². The van der Waals surface area contributed by atoms with Gasteiger partial charge in [0, 0.05) is 63.9 Å². The Kier molecular flexibility index (Phi) is 7.30. The fourth-order valence-corrected chi connectivity index (χ4v) is 2.77. The number of halogens is 3. The summed E-state index contributed by atoms with van der Waals surface area (Å²) in [6.45, 7) is 3.67. The molecule has 3 heterocycles. The first-order valence-electron chi connectivity index (χ1n) is 8.49. The van der Waals surface area contributed by atoms with Gasteiger partial charge in [-0.25, -0.2) is 4.79 Å². The molecule has 1 saturated heterocycles. The van der Waals surface area contributed by atoms with Gasteiger partial charge in [-0.15, -0.1) is 0 Å². The smallest absolute Gasteiger partial charge is 0.475 e. The fraction of sp³-hybridized carbons (Fsp3) is 0.389. The van der Waals surface area contributed by atoms with Crippen molar-refractivity contribution < 1.29 is 23.1 Å². The number of aliphatic carboxylic acids is 1. The molecule has 0 radical (unpaired) electrons. The molecule has 2 aromatic heterocycles. The molecule has 1 aliphatic heterocycles. The van der Waals surface area contributed by atoms with Crippen molar-refractivity contribution in [2.45, 2.75) is 18.8 Å².